The van der Waals surface area contributed by atoms with Gasteiger partial charge in [0.2, 0.25) is 5.95 Å². The Hall–Kier alpha value is -9.39. The van der Waals surface area contributed by atoms with Crippen molar-refractivity contribution in [2.75, 3.05) is 4.90 Å². The van der Waals surface area contributed by atoms with Crippen LogP contribution in [0.3, 0.4) is 0 Å². The van der Waals surface area contributed by atoms with Crippen molar-refractivity contribution in [1.29, 1.82) is 0 Å². The number of aromatic nitrogens is 4. The first-order valence-electron chi connectivity index (χ1n) is 23.3. The lowest BCUT2D eigenvalue weighted by Gasteiger charge is -2.31. The van der Waals surface area contributed by atoms with Gasteiger partial charge in [0, 0.05) is 27.6 Å². The SMILES string of the molecule is c1ccc(-c2nc(-c3ccccc3)nc(N3c4ccccc4Oc4cc(-c5cccc(-c6ccc7c8ccccc8n(-c8ccc9c%10ccccc%10c%10ccccc%10c9c8)c7c6)c5)ccc43)n2)cc1. The summed E-state index contributed by atoms with van der Waals surface area (Å²) in [4.78, 5) is 17.3. The summed E-state index contributed by atoms with van der Waals surface area (Å²) in [6, 6.07) is 83.5. The third kappa shape index (κ3) is 6.38. The Morgan fingerprint density at radius 2 is 0.783 bits per heavy atom. The molecule has 0 fully saturated rings. The van der Waals surface area contributed by atoms with Crippen molar-refractivity contribution in [3.8, 4) is 62.2 Å². The number of benzene rings is 11. The quantitative estimate of drug-likeness (QED) is 0.156. The van der Waals surface area contributed by atoms with Crippen LogP contribution in [0.1, 0.15) is 0 Å². The van der Waals surface area contributed by atoms with Crippen LogP contribution in [0.5, 0.6) is 11.5 Å². The lowest BCUT2D eigenvalue weighted by molar-refractivity contribution is 0.476. The average Bonchev–Trinajstić information content (AvgIpc) is 3.76. The fraction of sp³-hybridized carbons (Fsp3) is 0. The second-order valence-corrected chi connectivity index (χ2v) is 17.6. The topological polar surface area (TPSA) is 56.1 Å². The Bertz CT molecular complexity index is 4090. The van der Waals surface area contributed by atoms with Gasteiger partial charge in [0.05, 0.1) is 22.4 Å². The van der Waals surface area contributed by atoms with Gasteiger partial charge in [0.1, 0.15) is 0 Å². The number of hydrogen-bond donors (Lipinski definition) is 0. The van der Waals surface area contributed by atoms with Crippen molar-refractivity contribution < 1.29 is 4.74 Å². The highest BCUT2D eigenvalue weighted by Gasteiger charge is 2.29. The van der Waals surface area contributed by atoms with Crippen molar-refractivity contribution in [3.05, 3.63) is 237 Å². The number of fused-ring (bicyclic) bond motifs is 11. The van der Waals surface area contributed by atoms with Crippen LogP contribution in [-0.4, -0.2) is 19.5 Å². The minimum atomic E-state index is 0.507. The number of nitrogens with zero attached hydrogens (tertiary/aromatic N) is 5. The molecule has 69 heavy (non-hydrogen) atoms. The molecule has 0 bridgehead atoms. The molecule has 0 saturated carbocycles. The van der Waals surface area contributed by atoms with Gasteiger partial charge >= 0.3 is 0 Å². The number of ether oxygens (including phenoxy) is 1. The molecule has 0 unspecified atom stereocenters. The third-order valence-corrected chi connectivity index (χ3v) is 13.6. The highest BCUT2D eigenvalue weighted by Crippen LogP contribution is 2.51. The summed E-state index contributed by atoms with van der Waals surface area (Å²) in [5, 5.41) is 10.0. The van der Waals surface area contributed by atoms with E-state index < -0.39 is 0 Å². The zero-order valence-electron chi connectivity index (χ0n) is 37.2. The van der Waals surface area contributed by atoms with Crippen molar-refractivity contribution in [1.82, 2.24) is 19.5 Å². The summed E-state index contributed by atoms with van der Waals surface area (Å²) >= 11 is 0. The van der Waals surface area contributed by atoms with Crippen molar-refractivity contribution >= 4 is 71.4 Å². The van der Waals surface area contributed by atoms with Crippen molar-refractivity contribution in [3.63, 3.8) is 0 Å². The van der Waals surface area contributed by atoms with Gasteiger partial charge in [-0.1, -0.05) is 182 Å². The normalized spacial score (nSPS) is 12.1. The Balaban J connectivity index is 0.877. The van der Waals surface area contributed by atoms with Gasteiger partial charge in [-0.15, -0.1) is 0 Å². The Kier molecular flexibility index (Phi) is 8.79. The minimum Gasteiger partial charge on any atom is -0.453 e. The maximum atomic E-state index is 6.72. The predicted octanol–water partition coefficient (Wildman–Crippen LogP) is 16.7. The molecule has 0 amide bonds. The molecule has 322 valence electrons. The lowest BCUT2D eigenvalue weighted by Crippen LogP contribution is -2.19. The van der Waals surface area contributed by atoms with E-state index in [1.54, 1.807) is 0 Å². The molecule has 0 spiro atoms. The second-order valence-electron chi connectivity index (χ2n) is 17.6. The summed E-state index contributed by atoms with van der Waals surface area (Å²) in [5.74, 6) is 3.12. The van der Waals surface area contributed by atoms with Crippen LogP contribution in [0, 0.1) is 0 Å². The summed E-state index contributed by atoms with van der Waals surface area (Å²) in [5.41, 5.74) is 11.4. The Morgan fingerprint density at radius 3 is 1.48 bits per heavy atom. The Morgan fingerprint density at radius 1 is 0.290 bits per heavy atom. The predicted molar refractivity (Wildman–Crippen MR) is 283 cm³/mol. The largest absolute Gasteiger partial charge is 0.453 e. The zero-order valence-corrected chi connectivity index (χ0v) is 37.2. The van der Waals surface area contributed by atoms with E-state index in [9.17, 15) is 0 Å². The second kappa shape index (κ2) is 15.6. The molecule has 3 heterocycles. The van der Waals surface area contributed by atoms with Crippen molar-refractivity contribution in [2.45, 2.75) is 0 Å². The summed E-state index contributed by atoms with van der Waals surface area (Å²) in [7, 11) is 0. The molecule has 0 atom stereocenters. The summed E-state index contributed by atoms with van der Waals surface area (Å²) < 4.78 is 9.16. The molecule has 0 radical (unpaired) electrons. The van der Waals surface area contributed by atoms with E-state index >= 15 is 0 Å². The van der Waals surface area contributed by atoms with Gasteiger partial charge in [-0.3, -0.25) is 4.90 Å². The minimum absolute atomic E-state index is 0.507. The van der Waals surface area contributed by atoms with Gasteiger partial charge in [-0.2, -0.15) is 9.97 Å². The summed E-state index contributed by atoms with van der Waals surface area (Å²) in [6.45, 7) is 0. The zero-order chi connectivity index (χ0) is 45.4. The molecule has 6 heteroatoms. The van der Waals surface area contributed by atoms with E-state index in [1.165, 1.54) is 48.6 Å². The molecule has 0 aliphatic carbocycles. The smallest absolute Gasteiger partial charge is 0.239 e. The molecule has 1 aliphatic heterocycles. The number of para-hydroxylation sites is 3. The van der Waals surface area contributed by atoms with E-state index in [1.807, 2.05) is 84.9 Å². The molecular weight excluding hydrogens is 843 g/mol. The van der Waals surface area contributed by atoms with Crippen LogP contribution in [-0.2, 0) is 0 Å². The van der Waals surface area contributed by atoms with Gasteiger partial charge in [0.25, 0.3) is 0 Å². The van der Waals surface area contributed by atoms with Gasteiger partial charge in [0.15, 0.2) is 23.1 Å². The maximum absolute atomic E-state index is 6.72. The lowest BCUT2D eigenvalue weighted by atomic mass is 9.94. The molecule has 0 saturated heterocycles. The van der Waals surface area contributed by atoms with Crippen LogP contribution in [0.25, 0.3) is 105 Å². The highest BCUT2D eigenvalue weighted by molar-refractivity contribution is 6.25. The maximum Gasteiger partial charge on any atom is 0.239 e. The van der Waals surface area contributed by atoms with E-state index in [0.29, 0.717) is 23.3 Å². The molecule has 14 rings (SSSR count). The molecule has 6 nitrogen and oxygen atoms in total. The van der Waals surface area contributed by atoms with Crippen LogP contribution >= 0.6 is 0 Å². The third-order valence-electron chi connectivity index (χ3n) is 13.6. The molecular formula is C63H39N5O. The van der Waals surface area contributed by atoms with E-state index in [4.69, 9.17) is 19.7 Å². The van der Waals surface area contributed by atoms with E-state index in [-0.39, 0.29) is 0 Å². The number of hydrogen-bond acceptors (Lipinski definition) is 5. The number of rotatable bonds is 6. The van der Waals surface area contributed by atoms with Crippen molar-refractivity contribution in [2.24, 2.45) is 0 Å². The van der Waals surface area contributed by atoms with Crippen LogP contribution in [0.4, 0.5) is 17.3 Å². The molecule has 11 aromatic carbocycles. The standard InChI is InChI=1S/C63H39N5O/c1-3-16-40(17-4-1)61-64-62(41-18-5-2-6-19-41)66-63(65-61)68-56-28-13-14-29-59(56)69-60-38-45(31-35-57(60)68)43-21-15-20-42(36-43)44-30-33-53-52-26-11-12-27-55(52)67(58(53)37-44)46-32-34-51-49-24-8-7-22-47(49)48-23-9-10-25-50(48)54(51)39-46/h1-39H. The first kappa shape index (κ1) is 38.8. The van der Waals surface area contributed by atoms with E-state index in [2.05, 4.69) is 161 Å². The fourth-order valence-electron chi connectivity index (χ4n) is 10.4. The average molecular weight is 882 g/mol. The van der Waals surface area contributed by atoms with Gasteiger partial charge < -0.3 is 9.30 Å². The molecule has 0 N–H and O–H groups in total. The Labute approximate surface area is 397 Å². The number of anilines is 3. The molecule has 1 aliphatic rings. The van der Waals surface area contributed by atoms with Gasteiger partial charge in [-0.05, 0) is 109 Å². The van der Waals surface area contributed by atoms with Crippen LogP contribution < -0.4 is 9.64 Å². The summed E-state index contributed by atoms with van der Waals surface area (Å²) in [6.07, 6.45) is 0. The van der Waals surface area contributed by atoms with Crippen LogP contribution in [0.2, 0.25) is 0 Å². The van der Waals surface area contributed by atoms with Gasteiger partial charge in [-0.25, -0.2) is 4.98 Å². The first-order chi connectivity index (χ1) is 34.2. The fourth-order valence-corrected chi connectivity index (χ4v) is 10.4. The van der Waals surface area contributed by atoms with E-state index in [0.717, 1.165) is 61.7 Å². The first-order valence-corrected chi connectivity index (χ1v) is 23.3. The highest BCUT2D eigenvalue weighted by atomic mass is 16.5. The molecule has 13 aromatic rings. The molecule has 2 aromatic heterocycles. The monoisotopic (exact) mass is 881 g/mol. The van der Waals surface area contributed by atoms with Crippen LogP contribution in [0.15, 0.2) is 237 Å².